The fourth-order valence-corrected chi connectivity index (χ4v) is 5.44. The van der Waals surface area contributed by atoms with Crippen LogP contribution in [0.2, 0.25) is 0 Å². The first kappa shape index (κ1) is 17.7. The van der Waals surface area contributed by atoms with Gasteiger partial charge in [0, 0.05) is 6.61 Å². The zero-order chi connectivity index (χ0) is 16.4. The molecule has 22 heavy (non-hydrogen) atoms. The molecule has 0 heterocycles. The highest BCUT2D eigenvalue weighted by molar-refractivity contribution is 5.17. The van der Waals surface area contributed by atoms with Crippen LogP contribution in [0.1, 0.15) is 65.7 Å². The molecule has 0 aromatic heterocycles. The number of fused-ring (bicyclic) bond motifs is 1. The molecule has 2 saturated carbocycles. The lowest BCUT2D eigenvalue weighted by Crippen LogP contribution is -2.51. The van der Waals surface area contributed by atoms with Gasteiger partial charge in [-0.3, -0.25) is 0 Å². The Hall–Kier alpha value is -0.600. The average Bonchev–Trinajstić information content (AvgIpc) is 2.46. The van der Waals surface area contributed by atoms with Gasteiger partial charge in [0.05, 0.1) is 6.61 Å². The predicted molar refractivity (Wildman–Crippen MR) is 92.6 cm³/mol. The Morgan fingerprint density at radius 3 is 2.68 bits per heavy atom. The smallest absolute Gasteiger partial charge is 0.0614 e. The minimum atomic E-state index is 0.0853. The molecule has 0 radical (unpaired) electrons. The second-order valence-electron chi connectivity index (χ2n) is 8.25. The van der Waals surface area contributed by atoms with E-state index in [0.717, 1.165) is 25.7 Å². The summed E-state index contributed by atoms with van der Waals surface area (Å²) in [5.74, 6) is 1.16. The Labute approximate surface area is 136 Å². The van der Waals surface area contributed by atoms with Gasteiger partial charge in [0.1, 0.15) is 0 Å². The topological polar surface area (TPSA) is 40.5 Å². The fourth-order valence-electron chi connectivity index (χ4n) is 5.44. The van der Waals surface area contributed by atoms with Gasteiger partial charge in [-0.15, -0.1) is 0 Å². The van der Waals surface area contributed by atoms with Crippen LogP contribution in [0.3, 0.4) is 0 Å². The normalized spacial score (nSPS) is 39.7. The van der Waals surface area contributed by atoms with Crippen molar-refractivity contribution >= 4 is 0 Å². The third kappa shape index (κ3) is 3.19. The summed E-state index contributed by atoms with van der Waals surface area (Å²) in [4.78, 5) is 0. The SMILES string of the molecule is C=C1CCC2[C@@](C)(CO)CCC[C@]2(C)[C@H]1CC/C(C)=C/CO. The molecule has 0 aliphatic heterocycles. The quantitative estimate of drug-likeness (QED) is 0.735. The third-order valence-electron chi connectivity index (χ3n) is 6.77. The van der Waals surface area contributed by atoms with Gasteiger partial charge >= 0.3 is 0 Å². The summed E-state index contributed by atoms with van der Waals surface area (Å²) in [7, 11) is 0. The zero-order valence-corrected chi connectivity index (χ0v) is 14.7. The fraction of sp³-hybridized carbons (Fsp3) is 0.800. The molecule has 0 amide bonds. The van der Waals surface area contributed by atoms with Crippen LogP contribution in [0.25, 0.3) is 0 Å². The van der Waals surface area contributed by atoms with Crippen LogP contribution in [0.15, 0.2) is 23.8 Å². The first-order valence-corrected chi connectivity index (χ1v) is 8.92. The summed E-state index contributed by atoms with van der Waals surface area (Å²) in [6.07, 6.45) is 10.0. The summed E-state index contributed by atoms with van der Waals surface area (Å²) in [6, 6.07) is 0. The van der Waals surface area contributed by atoms with Gasteiger partial charge in [0.2, 0.25) is 0 Å². The minimum absolute atomic E-state index is 0.0853. The highest BCUT2D eigenvalue weighted by atomic mass is 16.3. The van der Waals surface area contributed by atoms with Gasteiger partial charge in [0.25, 0.3) is 0 Å². The first-order valence-electron chi connectivity index (χ1n) is 8.92. The highest BCUT2D eigenvalue weighted by Crippen LogP contribution is 2.61. The van der Waals surface area contributed by atoms with Gasteiger partial charge < -0.3 is 10.2 Å². The van der Waals surface area contributed by atoms with Crippen LogP contribution < -0.4 is 0 Å². The van der Waals surface area contributed by atoms with Crippen LogP contribution in [-0.4, -0.2) is 23.4 Å². The number of hydrogen-bond acceptors (Lipinski definition) is 2. The zero-order valence-electron chi connectivity index (χ0n) is 14.7. The molecule has 2 N–H and O–H groups in total. The van der Waals surface area contributed by atoms with E-state index in [4.69, 9.17) is 5.11 Å². The van der Waals surface area contributed by atoms with Gasteiger partial charge in [-0.2, -0.15) is 0 Å². The van der Waals surface area contributed by atoms with Crippen LogP contribution in [0, 0.1) is 22.7 Å². The molecule has 2 aliphatic carbocycles. The standard InChI is InChI=1S/C20H34O2/c1-15(10-13-21)6-8-17-16(2)7-9-18-19(3,14-22)11-5-12-20(17,18)4/h10,17-18,21-22H,2,5-9,11-14H2,1,3-4H3/b15-10+/t17-,18?,19+,20+/m0/s1. The van der Waals surface area contributed by atoms with Gasteiger partial charge in [-0.05, 0) is 68.1 Å². The number of hydrogen-bond donors (Lipinski definition) is 2. The maximum Gasteiger partial charge on any atom is 0.0614 e. The lowest BCUT2D eigenvalue weighted by Gasteiger charge is -2.58. The van der Waals surface area contributed by atoms with Crippen LogP contribution in [-0.2, 0) is 0 Å². The van der Waals surface area contributed by atoms with E-state index in [1.807, 2.05) is 6.08 Å². The van der Waals surface area contributed by atoms with E-state index in [1.54, 1.807) is 0 Å². The van der Waals surface area contributed by atoms with Gasteiger partial charge in [0.15, 0.2) is 0 Å². The summed E-state index contributed by atoms with van der Waals surface area (Å²) in [5.41, 5.74) is 3.06. The molecule has 0 saturated heterocycles. The van der Waals surface area contributed by atoms with E-state index in [1.165, 1.54) is 30.4 Å². The number of allylic oxidation sites excluding steroid dienone is 2. The van der Waals surface area contributed by atoms with E-state index in [0.29, 0.717) is 18.4 Å². The van der Waals surface area contributed by atoms with E-state index in [2.05, 4.69) is 27.4 Å². The molecular weight excluding hydrogens is 272 g/mol. The van der Waals surface area contributed by atoms with Crippen molar-refractivity contribution in [1.29, 1.82) is 0 Å². The van der Waals surface area contributed by atoms with Crippen molar-refractivity contribution in [1.82, 2.24) is 0 Å². The number of rotatable bonds is 5. The molecule has 2 rings (SSSR count). The monoisotopic (exact) mass is 306 g/mol. The highest BCUT2D eigenvalue weighted by Gasteiger charge is 2.53. The summed E-state index contributed by atoms with van der Waals surface area (Å²) in [5, 5.41) is 19.0. The molecule has 2 nitrogen and oxygen atoms in total. The average molecular weight is 306 g/mol. The van der Waals surface area contributed by atoms with E-state index in [9.17, 15) is 5.11 Å². The minimum Gasteiger partial charge on any atom is -0.396 e. The first-order chi connectivity index (χ1) is 10.4. The Bertz CT molecular complexity index is 439. The second kappa shape index (κ2) is 6.88. The van der Waals surface area contributed by atoms with E-state index >= 15 is 0 Å². The maximum absolute atomic E-state index is 9.98. The molecule has 126 valence electrons. The summed E-state index contributed by atoms with van der Waals surface area (Å²) in [6.45, 7) is 11.7. The molecule has 2 heteroatoms. The van der Waals surface area contributed by atoms with Crippen molar-refractivity contribution in [2.75, 3.05) is 13.2 Å². The Morgan fingerprint density at radius 2 is 2.05 bits per heavy atom. The van der Waals surface area contributed by atoms with Crippen LogP contribution >= 0.6 is 0 Å². The summed E-state index contributed by atoms with van der Waals surface area (Å²) < 4.78 is 0. The molecule has 2 aliphatic rings. The molecule has 0 aromatic carbocycles. The lowest BCUT2D eigenvalue weighted by atomic mass is 9.47. The van der Waals surface area contributed by atoms with Crippen LogP contribution in [0.5, 0.6) is 0 Å². The molecule has 2 fully saturated rings. The predicted octanol–water partition coefficient (Wildman–Crippen LogP) is 4.48. The summed E-state index contributed by atoms with van der Waals surface area (Å²) >= 11 is 0. The molecule has 4 atom stereocenters. The Balaban J connectivity index is 2.20. The molecule has 1 unspecified atom stereocenters. The molecule has 0 aromatic rings. The van der Waals surface area contributed by atoms with Crippen LogP contribution in [0.4, 0.5) is 0 Å². The Kier molecular flexibility index (Phi) is 5.55. The Morgan fingerprint density at radius 1 is 1.32 bits per heavy atom. The molecule has 0 spiro atoms. The lowest BCUT2D eigenvalue weighted by molar-refractivity contribution is -0.0858. The molecule has 0 bridgehead atoms. The van der Waals surface area contributed by atoms with E-state index in [-0.39, 0.29) is 17.4 Å². The number of aliphatic hydroxyl groups excluding tert-OH is 2. The van der Waals surface area contributed by atoms with Gasteiger partial charge in [-0.1, -0.05) is 44.1 Å². The van der Waals surface area contributed by atoms with Crippen molar-refractivity contribution in [3.63, 3.8) is 0 Å². The molecular formula is C20H34O2. The van der Waals surface area contributed by atoms with Crippen molar-refractivity contribution in [3.8, 4) is 0 Å². The largest absolute Gasteiger partial charge is 0.396 e. The maximum atomic E-state index is 9.98. The number of aliphatic hydroxyl groups is 2. The second-order valence-corrected chi connectivity index (χ2v) is 8.25. The van der Waals surface area contributed by atoms with Gasteiger partial charge in [-0.25, -0.2) is 0 Å². The van der Waals surface area contributed by atoms with Crippen molar-refractivity contribution in [2.24, 2.45) is 22.7 Å². The van der Waals surface area contributed by atoms with Crippen molar-refractivity contribution < 1.29 is 10.2 Å². The third-order valence-corrected chi connectivity index (χ3v) is 6.77. The van der Waals surface area contributed by atoms with Crippen molar-refractivity contribution in [2.45, 2.75) is 65.7 Å². The van der Waals surface area contributed by atoms with E-state index < -0.39 is 0 Å². The van der Waals surface area contributed by atoms with Crippen molar-refractivity contribution in [3.05, 3.63) is 23.8 Å².